The largest absolute Gasteiger partial charge is 0.383 e. The van der Waals surface area contributed by atoms with Crippen molar-refractivity contribution < 1.29 is 9.53 Å². The van der Waals surface area contributed by atoms with Crippen LogP contribution in [0.3, 0.4) is 0 Å². The first-order valence-corrected chi connectivity index (χ1v) is 4.69. The summed E-state index contributed by atoms with van der Waals surface area (Å²) in [7, 11) is 1.61. The zero-order valence-electron chi connectivity index (χ0n) is 8.69. The van der Waals surface area contributed by atoms with Crippen LogP contribution in [0.4, 0.5) is 5.82 Å². The fraction of sp³-hybridized carbons (Fsp3) is 0.400. The molecular weight excluding hydrogens is 194 g/mol. The number of Topliss-reactive ketones (excluding diaryl/α,β-unsaturated/α-hetero) is 1. The van der Waals surface area contributed by atoms with Crippen LogP contribution in [0.5, 0.6) is 0 Å². The first-order valence-electron chi connectivity index (χ1n) is 4.69. The molecule has 0 aliphatic rings. The van der Waals surface area contributed by atoms with E-state index in [1.807, 2.05) is 0 Å². The van der Waals surface area contributed by atoms with Crippen LogP contribution in [0.25, 0.3) is 0 Å². The van der Waals surface area contributed by atoms with Gasteiger partial charge in [-0.3, -0.25) is 4.79 Å². The number of ether oxygens (including phenoxy) is 1. The highest BCUT2D eigenvalue weighted by atomic mass is 16.5. The fourth-order valence-electron chi connectivity index (χ4n) is 1.12. The van der Waals surface area contributed by atoms with Crippen LogP contribution in [0.15, 0.2) is 18.3 Å². The van der Waals surface area contributed by atoms with Gasteiger partial charge in [-0.15, -0.1) is 0 Å². The molecule has 0 amide bonds. The highest BCUT2D eigenvalue weighted by molar-refractivity contribution is 6.01. The maximum atomic E-state index is 11.6. The molecule has 0 spiro atoms. The van der Waals surface area contributed by atoms with E-state index in [0.29, 0.717) is 18.7 Å². The number of anilines is 1. The molecule has 0 radical (unpaired) electrons. The maximum absolute atomic E-state index is 11.6. The summed E-state index contributed by atoms with van der Waals surface area (Å²) in [5.74, 6) is 0.216. The van der Waals surface area contributed by atoms with E-state index in [9.17, 15) is 4.79 Å². The minimum Gasteiger partial charge on any atom is -0.383 e. The van der Waals surface area contributed by atoms with Crippen LogP contribution in [0.2, 0.25) is 0 Å². The Labute approximate surface area is 88.6 Å². The highest BCUT2D eigenvalue weighted by Gasteiger charge is 2.08. The molecule has 0 aliphatic carbocycles. The molecule has 0 bridgehead atoms. The third-order valence-electron chi connectivity index (χ3n) is 1.91. The third kappa shape index (κ3) is 3.65. The molecule has 1 rings (SSSR count). The lowest BCUT2D eigenvalue weighted by Gasteiger charge is -2.04. The number of carbonyl (C=O) groups excluding carboxylic acids is 1. The number of nitrogens with one attached hydrogen (secondary N) is 1. The zero-order valence-corrected chi connectivity index (χ0v) is 8.69. The Morgan fingerprint density at radius 1 is 1.67 bits per heavy atom. The number of aromatic nitrogens is 1. The van der Waals surface area contributed by atoms with E-state index in [2.05, 4.69) is 10.3 Å². The first-order chi connectivity index (χ1) is 7.25. The maximum Gasteiger partial charge on any atom is 0.180 e. The summed E-state index contributed by atoms with van der Waals surface area (Å²) >= 11 is 0. The van der Waals surface area contributed by atoms with Gasteiger partial charge >= 0.3 is 0 Å². The van der Waals surface area contributed by atoms with Gasteiger partial charge in [0, 0.05) is 19.9 Å². The molecule has 1 aromatic heterocycles. The van der Waals surface area contributed by atoms with Crippen molar-refractivity contribution in [3.63, 3.8) is 0 Å². The summed E-state index contributed by atoms with van der Waals surface area (Å²) in [5.41, 5.74) is 6.03. The SMILES string of the molecule is COCCNCC(=O)c1cccnc1N. The standard InChI is InChI=1S/C10H15N3O2/c1-15-6-5-12-7-9(14)8-3-2-4-13-10(8)11/h2-4,12H,5-7H2,1H3,(H2,11,13). The number of nitrogen functional groups attached to an aromatic ring is 1. The van der Waals surface area contributed by atoms with Gasteiger partial charge < -0.3 is 15.8 Å². The van der Waals surface area contributed by atoms with E-state index in [-0.39, 0.29) is 18.1 Å². The van der Waals surface area contributed by atoms with Crippen molar-refractivity contribution in [2.24, 2.45) is 0 Å². The second-order valence-corrected chi connectivity index (χ2v) is 3.03. The number of carbonyl (C=O) groups is 1. The number of hydrogen-bond donors (Lipinski definition) is 2. The minimum atomic E-state index is -0.0586. The molecule has 1 heterocycles. The summed E-state index contributed by atoms with van der Waals surface area (Å²) in [6, 6.07) is 3.36. The van der Waals surface area contributed by atoms with Crippen LogP contribution in [-0.4, -0.2) is 37.6 Å². The molecule has 3 N–H and O–H groups in total. The summed E-state index contributed by atoms with van der Waals surface area (Å²) in [6.45, 7) is 1.47. The molecule has 15 heavy (non-hydrogen) atoms. The lowest BCUT2D eigenvalue weighted by molar-refractivity contribution is 0.0988. The monoisotopic (exact) mass is 209 g/mol. The summed E-state index contributed by atoms with van der Waals surface area (Å²) < 4.78 is 4.84. The second-order valence-electron chi connectivity index (χ2n) is 3.03. The Hall–Kier alpha value is -1.46. The van der Waals surface area contributed by atoms with E-state index in [4.69, 9.17) is 10.5 Å². The normalized spacial score (nSPS) is 10.2. The van der Waals surface area contributed by atoms with E-state index in [1.54, 1.807) is 25.4 Å². The quantitative estimate of drug-likeness (QED) is 0.512. The molecule has 0 aliphatic heterocycles. The molecule has 1 aromatic rings. The van der Waals surface area contributed by atoms with Crippen molar-refractivity contribution in [1.82, 2.24) is 10.3 Å². The summed E-state index contributed by atoms with van der Waals surface area (Å²) in [4.78, 5) is 15.5. The van der Waals surface area contributed by atoms with E-state index < -0.39 is 0 Å². The van der Waals surface area contributed by atoms with Crippen LogP contribution in [0, 0.1) is 0 Å². The molecule has 0 atom stereocenters. The Morgan fingerprint density at radius 2 is 2.47 bits per heavy atom. The Morgan fingerprint density at radius 3 is 3.13 bits per heavy atom. The average molecular weight is 209 g/mol. The van der Waals surface area contributed by atoms with Crippen molar-refractivity contribution >= 4 is 11.6 Å². The molecule has 0 unspecified atom stereocenters. The van der Waals surface area contributed by atoms with E-state index in [0.717, 1.165) is 0 Å². The molecule has 5 heteroatoms. The smallest absolute Gasteiger partial charge is 0.180 e. The van der Waals surface area contributed by atoms with Gasteiger partial charge in [0.25, 0.3) is 0 Å². The number of ketones is 1. The van der Waals surface area contributed by atoms with Gasteiger partial charge in [0.15, 0.2) is 5.78 Å². The van der Waals surface area contributed by atoms with Crippen LogP contribution < -0.4 is 11.1 Å². The molecule has 0 aromatic carbocycles. The molecule has 5 nitrogen and oxygen atoms in total. The van der Waals surface area contributed by atoms with Crippen LogP contribution in [0.1, 0.15) is 10.4 Å². The van der Waals surface area contributed by atoms with Crippen molar-refractivity contribution in [3.05, 3.63) is 23.9 Å². The third-order valence-corrected chi connectivity index (χ3v) is 1.91. The predicted molar refractivity (Wildman–Crippen MR) is 57.7 cm³/mol. The summed E-state index contributed by atoms with van der Waals surface area (Å²) in [6.07, 6.45) is 1.56. The van der Waals surface area contributed by atoms with Gasteiger partial charge in [-0.05, 0) is 12.1 Å². The van der Waals surface area contributed by atoms with Gasteiger partial charge in [-0.25, -0.2) is 4.98 Å². The fourth-order valence-corrected chi connectivity index (χ4v) is 1.12. The molecular formula is C10H15N3O2. The second kappa shape index (κ2) is 6.10. The Kier molecular flexibility index (Phi) is 4.73. The Bertz CT molecular complexity index is 328. The number of pyridine rings is 1. The summed E-state index contributed by atoms with van der Waals surface area (Å²) in [5, 5.41) is 2.95. The number of rotatable bonds is 6. The lowest BCUT2D eigenvalue weighted by Crippen LogP contribution is -2.26. The number of hydrogen-bond acceptors (Lipinski definition) is 5. The van der Waals surface area contributed by atoms with E-state index in [1.165, 1.54) is 0 Å². The number of nitrogens with two attached hydrogens (primary N) is 1. The molecule has 82 valence electrons. The Balaban J connectivity index is 2.44. The van der Waals surface area contributed by atoms with Gasteiger partial charge in [0.05, 0.1) is 18.7 Å². The molecule has 0 saturated heterocycles. The highest BCUT2D eigenvalue weighted by Crippen LogP contribution is 2.06. The predicted octanol–water partition coefficient (Wildman–Crippen LogP) is 0.0825. The average Bonchev–Trinajstić information content (AvgIpc) is 2.25. The van der Waals surface area contributed by atoms with Crippen molar-refractivity contribution in [2.75, 3.05) is 32.5 Å². The number of nitrogens with zero attached hydrogens (tertiary/aromatic N) is 1. The van der Waals surface area contributed by atoms with Gasteiger partial charge in [0.1, 0.15) is 5.82 Å². The molecule has 0 fully saturated rings. The van der Waals surface area contributed by atoms with Crippen LogP contribution >= 0.6 is 0 Å². The molecule has 0 saturated carbocycles. The minimum absolute atomic E-state index is 0.0586. The van der Waals surface area contributed by atoms with Gasteiger partial charge in [-0.2, -0.15) is 0 Å². The van der Waals surface area contributed by atoms with Crippen molar-refractivity contribution in [1.29, 1.82) is 0 Å². The van der Waals surface area contributed by atoms with Gasteiger partial charge in [0.2, 0.25) is 0 Å². The van der Waals surface area contributed by atoms with Crippen LogP contribution in [-0.2, 0) is 4.74 Å². The van der Waals surface area contributed by atoms with Gasteiger partial charge in [-0.1, -0.05) is 0 Å². The van der Waals surface area contributed by atoms with E-state index >= 15 is 0 Å². The van der Waals surface area contributed by atoms with Crippen molar-refractivity contribution in [2.45, 2.75) is 0 Å². The lowest BCUT2D eigenvalue weighted by atomic mass is 10.1. The zero-order chi connectivity index (χ0) is 11.1. The topological polar surface area (TPSA) is 77.2 Å². The number of methoxy groups -OCH3 is 1. The first kappa shape index (κ1) is 11.6. The van der Waals surface area contributed by atoms with Crippen molar-refractivity contribution in [3.8, 4) is 0 Å².